The predicted octanol–water partition coefficient (Wildman–Crippen LogP) is 6.11. The fraction of sp³-hybridized carbons (Fsp3) is 0.0667. The van der Waals surface area contributed by atoms with Crippen molar-refractivity contribution in [3.8, 4) is 17.2 Å². The Labute approximate surface area is 213 Å². The van der Waals surface area contributed by atoms with Crippen LogP contribution in [0.3, 0.4) is 0 Å². The second kappa shape index (κ2) is 9.16. The highest BCUT2D eigenvalue weighted by molar-refractivity contribution is 6.67. The average Bonchev–Trinajstić information content (AvgIpc) is 2.89. The van der Waals surface area contributed by atoms with Gasteiger partial charge in [0.05, 0.1) is 0 Å². The van der Waals surface area contributed by atoms with Crippen LogP contribution in [-0.4, -0.2) is 29.9 Å². The average molecular weight is 487 g/mol. The van der Waals surface area contributed by atoms with Crippen LogP contribution in [0.1, 0.15) is 11.4 Å². The summed E-state index contributed by atoms with van der Waals surface area (Å²) in [6, 6.07) is 31.4. The highest BCUT2D eigenvalue weighted by atomic mass is 27.2. The predicted molar refractivity (Wildman–Crippen MR) is 145 cm³/mol. The van der Waals surface area contributed by atoms with Gasteiger partial charge in [-0.3, -0.25) is 0 Å². The maximum atomic E-state index is 11.1. The van der Waals surface area contributed by atoms with Crippen LogP contribution in [0.4, 0.5) is 0 Å². The van der Waals surface area contributed by atoms with Gasteiger partial charge in [-0.05, 0) is 55.0 Å². The van der Waals surface area contributed by atoms with Crippen molar-refractivity contribution in [2.45, 2.75) is 13.8 Å². The lowest BCUT2D eigenvalue weighted by molar-refractivity contribution is 0.436. The van der Waals surface area contributed by atoms with Crippen molar-refractivity contribution in [1.29, 1.82) is 0 Å². The van der Waals surface area contributed by atoms with E-state index in [1.807, 2.05) is 105 Å². The van der Waals surface area contributed by atoms with Gasteiger partial charge in [-0.25, -0.2) is 9.97 Å². The molecule has 1 N–H and O–H groups in total. The molecule has 5 nitrogen and oxygen atoms in total. The summed E-state index contributed by atoms with van der Waals surface area (Å²) < 4.78 is 14.1. The first-order valence-electron chi connectivity index (χ1n) is 11.8. The number of fused-ring (bicyclic) bond motifs is 3. The molecule has 0 aliphatic carbocycles. The molecule has 0 aliphatic rings. The third kappa shape index (κ3) is 4.11. The van der Waals surface area contributed by atoms with Crippen LogP contribution in [0.2, 0.25) is 0 Å². The van der Waals surface area contributed by atoms with Crippen molar-refractivity contribution >= 4 is 51.8 Å². The Bertz CT molecular complexity index is 1670. The number of aryl methyl sites for hydroxylation is 2. The summed E-state index contributed by atoms with van der Waals surface area (Å²) in [7, 11) is 0. The third-order valence-electron chi connectivity index (χ3n) is 6.30. The maximum absolute atomic E-state index is 11.1. The number of pyridine rings is 2. The first-order chi connectivity index (χ1) is 17.6. The van der Waals surface area contributed by atoms with Gasteiger partial charge in [0.25, 0.3) is 0 Å². The highest BCUT2D eigenvalue weighted by Gasteiger charge is 2.41. The Balaban J connectivity index is 1.55. The maximum Gasteiger partial charge on any atom is 0.906 e. The number of rotatable bonds is 5. The van der Waals surface area contributed by atoms with E-state index in [-0.39, 0.29) is 5.75 Å². The van der Waals surface area contributed by atoms with Crippen LogP contribution >= 0.6 is 0 Å². The minimum absolute atomic E-state index is 0.152. The molecule has 0 saturated carbocycles. The summed E-state index contributed by atoms with van der Waals surface area (Å²) in [4.78, 5) is 9.48. The Hall–Kier alpha value is -4.11. The smallest absolute Gasteiger partial charge is 0.607 e. The van der Waals surface area contributed by atoms with Gasteiger partial charge in [0.1, 0.15) is 28.3 Å². The van der Waals surface area contributed by atoms with Gasteiger partial charge in [0.2, 0.25) is 0 Å². The Morgan fingerprint density at radius 2 is 1.11 bits per heavy atom. The zero-order valence-corrected chi connectivity index (χ0v) is 21.1. The molecule has 0 spiro atoms. The second-order valence-electron chi connectivity index (χ2n) is 8.85. The summed E-state index contributed by atoms with van der Waals surface area (Å²) in [5, 5.41) is 15.0. The molecule has 6 aromatic rings. The normalized spacial score (nSPS) is 11.2. The number of para-hydroxylation sites is 2. The summed E-state index contributed by atoms with van der Waals surface area (Å²) in [5.41, 5.74) is 3.34. The first kappa shape index (κ1) is 22.4. The quantitative estimate of drug-likeness (QED) is 0.298. The standard InChI is InChI=1S/2C10H9NO.C10H7O.Al/c2*1-7-5-6-8-3-2-4-9(12)10(8)11-7;11-10-6-5-8-3-1-2-4-9(8)7-10;/h2*2-6,12H,1H3;1-6,11H;/q;;;+2/p-2. The van der Waals surface area contributed by atoms with E-state index in [1.54, 1.807) is 6.07 Å². The molecule has 0 aliphatic heterocycles. The van der Waals surface area contributed by atoms with Crippen LogP contribution in [0, 0.1) is 13.8 Å². The van der Waals surface area contributed by atoms with Crippen molar-refractivity contribution in [3.05, 3.63) is 108 Å². The molecule has 0 bridgehead atoms. The summed E-state index contributed by atoms with van der Waals surface area (Å²) in [6.07, 6.45) is 0. The topological polar surface area (TPSA) is 64.5 Å². The van der Waals surface area contributed by atoms with E-state index in [9.17, 15) is 5.11 Å². The van der Waals surface area contributed by atoms with Gasteiger partial charge in [-0.15, -0.1) is 0 Å². The molecular formula is C30H23AlN2O3. The van der Waals surface area contributed by atoms with E-state index in [2.05, 4.69) is 0 Å². The minimum Gasteiger partial charge on any atom is -0.607 e. The van der Waals surface area contributed by atoms with Gasteiger partial charge in [-0.1, -0.05) is 66.7 Å². The number of phenols is 1. The van der Waals surface area contributed by atoms with E-state index in [0.29, 0.717) is 15.9 Å². The van der Waals surface area contributed by atoms with E-state index < -0.39 is 14.8 Å². The van der Waals surface area contributed by atoms with Crippen LogP contribution in [-0.2, 0) is 0 Å². The molecule has 4 aromatic carbocycles. The van der Waals surface area contributed by atoms with E-state index >= 15 is 0 Å². The number of phenolic OH excluding ortho intramolecular Hbond substituents is 1. The van der Waals surface area contributed by atoms with Crippen LogP contribution < -0.4 is 12.0 Å². The lowest BCUT2D eigenvalue weighted by Gasteiger charge is -2.20. The van der Waals surface area contributed by atoms with Gasteiger partial charge >= 0.3 is 14.8 Å². The molecule has 0 saturated heterocycles. The van der Waals surface area contributed by atoms with Crippen molar-refractivity contribution in [2.24, 2.45) is 0 Å². The van der Waals surface area contributed by atoms with Gasteiger partial charge < -0.3 is 12.7 Å². The molecule has 6 heteroatoms. The fourth-order valence-electron chi connectivity index (χ4n) is 4.53. The number of hydrogen-bond acceptors (Lipinski definition) is 5. The Morgan fingerprint density at radius 3 is 1.72 bits per heavy atom. The molecule has 174 valence electrons. The molecule has 0 radical (unpaired) electrons. The number of benzene rings is 4. The van der Waals surface area contributed by atoms with Crippen LogP contribution in [0.25, 0.3) is 32.6 Å². The molecule has 2 aromatic heterocycles. The van der Waals surface area contributed by atoms with Crippen molar-refractivity contribution < 1.29 is 12.7 Å². The number of nitrogens with zero attached hydrogens (tertiary/aromatic N) is 2. The largest absolute Gasteiger partial charge is 0.906 e. The SMILES string of the molecule is Cc1ccc2cccc([O][Al]([O]c3cccc4ccc(C)nc34)[c]3c(O)ccc4ccccc34)c2n1. The second-order valence-corrected chi connectivity index (χ2v) is 10.6. The monoisotopic (exact) mass is 486 g/mol. The lowest BCUT2D eigenvalue weighted by Crippen LogP contribution is -2.43. The molecule has 2 heterocycles. The Morgan fingerprint density at radius 1 is 0.583 bits per heavy atom. The summed E-state index contributed by atoms with van der Waals surface area (Å²) in [6.45, 7) is 3.92. The van der Waals surface area contributed by atoms with Gasteiger partial charge in [0.15, 0.2) is 0 Å². The lowest BCUT2D eigenvalue weighted by atomic mass is 10.1. The highest BCUT2D eigenvalue weighted by Crippen LogP contribution is 2.29. The number of aromatic nitrogens is 2. The van der Waals surface area contributed by atoms with Crippen molar-refractivity contribution in [3.63, 3.8) is 0 Å². The van der Waals surface area contributed by atoms with Crippen molar-refractivity contribution in [2.75, 3.05) is 0 Å². The molecular weight excluding hydrogens is 463 g/mol. The summed E-state index contributed by atoms with van der Waals surface area (Å²) >= 11 is -2.81. The molecule has 0 amide bonds. The minimum atomic E-state index is -2.81. The number of aromatic hydroxyl groups is 1. The molecule has 6 rings (SSSR count). The molecule has 0 fully saturated rings. The van der Waals surface area contributed by atoms with Crippen LogP contribution in [0.5, 0.6) is 17.2 Å². The van der Waals surface area contributed by atoms with Crippen molar-refractivity contribution in [1.82, 2.24) is 9.97 Å². The van der Waals surface area contributed by atoms with Gasteiger partial charge in [-0.2, -0.15) is 0 Å². The van der Waals surface area contributed by atoms with E-state index in [1.165, 1.54) is 0 Å². The fourth-order valence-corrected chi connectivity index (χ4v) is 6.51. The molecule has 36 heavy (non-hydrogen) atoms. The molecule has 0 unspecified atom stereocenters. The first-order valence-corrected chi connectivity index (χ1v) is 13.4. The molecule has 0 atom stereocenters. The number of hydrogen-bond donors (Lipinski definition) is 1. The Kier molecular flexibility index (Phi) is 5.69. The zero-order chi connectivity index (χ0) is 24.6. The van der Waals surface area contributed by atoms with E-state index in [4.69, 9.17) is 17.5 Å². The van der Waals surface area contributed by atoms with Crippen LogP contribution in [0.15, 0.2) is 97.1 Å². The zero-order valence-electron chi connectivity index (χ0n) is 20.0. The van der Waals surface area contributed by atoms with E-state index in [0.717, 1.165) is 44.0 Å². The summed E-state index contributed by atoms with van der Waals surface area (Å²) in [5.74, 6) is 1.41. The van der Waals surface area contributed by atoms with Gasteiger partial charge in [0, 0.05) is 26.6 Å². The third-order valence-corrected chi connectivity index (χ3v) is 8.31.